The van der Waals surface area contributed by atoms with Crippen molar-refractivity contribution >= 4 is 11.9 Å². The summed E-state index contributed by atoms with van der Waals surface area (Å²) in [6, 6.07) is 0. The van der Waals surface area contributed by atoms with E-state index in [1.807, 2.05) is 6.92 Å². The molecule has 0 aliphatic heterocycles. The molecule has 74 valence electrons. The fraction of sp³-hybridized carbons (Fsp3) is 0.778. The molecule has 0 aromatic heterocycles. The Kier molecular flexibility index (Phi) is 3.28. The lowest BCUT2D eigenvalue weighted by atomic mass is 10.3. The number of carboxylic acids is 1. The van der Waals surface area contributed by atoms with Gasteiger partial charge in [0.25, 0.3) is 0 Å². The monoisotopic (exact) mass is 186 g/mol. The van der Waals surface area contributed by atoms with Crippen molar-refractivity contribution in [1.29, 1.82) is 0 Å². The first-order valence-electron chi connectivity index (χ1n) is 4.56. The fourth-order valence-electron chi connectivity index (χ4n) is 1.15. The molecule has 1 rings (SSSR count). The maximum absolute atomic E-state index is 11.1. The van der Waals surface area contributed by atoms with Gasteiger partial charge in [-0.2, -0.15) is 0 Å². The van der Waals surface area contributed by atoms with Gasteiger partial charge in [0.1, 0.15) is 0 Å². The van der Waals surface area contributed by atoms with Crippen molar-refractivity contribution in [1.82, 2.24) is 0 Å². The number of hydrogen-bond acceptors (Lipinski definition) is 3. The molecule has 0 bridgehead atoms. The molecule has 4 heteroatoms. The zero-order chi connectivity index (χ0) is 9.84. The minimum atomic E-state index is -0.891. The van der Waals surface area contributed by atoms with Gasteiger partial charge in [-0.05, 0) is 12.8 Å². The van der Waals surface area contributed by atoms with Gasteiger partial charge < -0.3 is 9.84 Å². The van der Waals surface area contributed by atoms with E-state index in [-0.39, 0.29) is 11.9 Å². The summed E-state index contributed by atoms with van der Waals surface area (Å²) < 4.78 is 4.88. The van der Waals surface area contributed by atoms with Crippen LogP contribution in [0.25, 0.3) is 0 Å². The van der Waals surface area contributed by atoms with E-state index < -0.39 is 11.9 Å². The zero-order valence-electron chi connectivity index (χ0n) is 7.66. The Hall–Kier alpha value is -1.06. The third-order valence-electron chi connectivity index (χ3n) is 2.15. The van der Waals surface area contributed by atoms with Gasteiger partial charge in [-0.15, -0.1) is 0 Å². The number of carbonyl (C=O) groups is 2. The van der Waals surface area contributed by atoms with Gasteiger partial charge in [0, 0.05) is 0 Å². The van der Waals surface area contributed by atoms with Crippen molar-refractivity contribution < 1.29 is 19.4 Å². The predicted octanol–water partition coefficient (Wildman–Crippen LogP) is 1.05. The number of esters is 1. The summed E-state index contributed by atoms with van der Waals surface area (Å²) in [5, 5.41) is 8.54. The summed E-state index contributed by atoms with van der Waals surface area (Å²) in [6.45, 7) is 2.42. The first-order chi connectivity index (χ1) is 6.16. The van der Waals surface area contributed by atoms with Crippen LogP contribution in [0, 0.1) is 11.8 Å². The lowest BCUT2D eigenvalue weighted by Gasteiger charge is -2.01. The molecule has 2 unspecified atom stereocenters. The van der Waals surface area contributed by atoms with Crippen LogP contribution in [0.2, 0.25) is 0 Å². The zero-order valence-corrected chi connectivity index (χ0v) is 7.66. The molecule has 0 amide bonds. The molecule has 0 radical (unpaired) electrons. The second-order valence-corrected chi connectivity index (χ2v) is 3.31. The number of aliphatic carboxylic acids is 1. The maximum atomic E-state index is 11.1. The third-order valence-corrected chi connectivity index (χ3v) is 2.15. The van der Waals surface area contributed by atoms with Crippen LogP contribution in [-0.4, -0.2) is 23.7 Å². The molecule has 0 aromatic carbocycles. The highest BCUT2D eigenvalue weighted by Crippen LogP contribution is 2.39. The number of rotatable bonds is 5. The summed E-state index contributed by atoms with van der Waals surface area (Å²) in [6.07, 6.45) is 2.26. The van der Waals surface area contributed by atoms with Gasteiger partial charge in [-0.25, -0.2) is 0 Å². The second-order valence-electron chi connectivity index (χ2n) is 3.31. The summed E-state index contributed by atoms with van der Waals surface area (Å²) in [5.74, 6) is -2.11. The van der Waals surface area contributed by atoms with Gasteiger partial charge in [-0.3, -0.25) is 9.59 Å². The standard InChI is InChI=1S/C9H14O4/c1-2-3-4-13-9(12)7-5-6(7)8(10)11/h6-7H,2-5H2,1H3,(H,10,11). The van der Waals surface area contributed by atoms with E-state index in [1.54, 1.807) is 0 Å². The average molecular weight is 186 g/mol. The van der Waals surface area contributed by atoms with Crippen LogP contribution in [0.4, 0.5) is 0 Å². The van der Waals surface area contributed by atoms with E-state index in [0.717, 1.165) is 12.8 Å². The molecular weight excluding hydrogens is 172 g/mol. The fourth-order valence-corrected chi connectivity index (χ4v) is 1.15. The highest BCUT2D eigenvalue weighted by molar-refractivity contribution is 5.86. The molecular formula is C9H14O4. The largest absolute Gasteiger partial charge is 0.481 e. The number of hydrogen-bond donors (Lipinski definition) is 1. The van der Waals surface area contributed by atoms with E-state index in [4.69, 9.17) is 9.84 Å². The highest BCUT2D eigenvalue weighted by atomic mass is 16.5. The van der Waals surface area contributed by atoms with Crippen LogP contribution in [0.1, 0.15) is 26.2 Å². The Bertz CT molecular complexity index is 212. The predicted molar refractivity (Wildman–Crippen MR) is 45.1 cm³/mol. The van der Waals surface area contributed by atoms with E-state index in [1.165, 1.54) is 0 Å². The molecule has 0 spiro atoms. The Morgan fingerprint density at radius 2 is 2.15 bits per heavy atom. The minimum absolute atomic E-state index is 0.346. The molecule has 0 aromatic rings. The Balaban J connectivity index is 2.16. The smallest absolute Gasteiger partial charge is 0.309 e. The molecule has 1 aliphatic rings. The minimum Gasteiger partial charge on any atom is -0.481 e. The average Bonchev–Trinajstić information content (AvgIpc) is 2.83. The number of unbranched alkanes of at least 4 members (excludes halogenated alkanes) is 1. The van der Waals surface area contributed by atoms with Gasteiger partial charge >= 0.3 is 11.9 Å². The molecule has 1 aliphatic carbocycles. The lowest BCUT2D eigenvalue weighted by Crippen LogP contribution is -2.11. The van der Waals surface area contributed by atoms with Crippen LogP contribution in [-0.2, 0) is 14.3 Å². The van der Waals surface area contributed by atoms with Gasteiger partial charge in [0.2, 0.25) is 0 Å². The number of carbonyl (C=O) groups excluding carboxylic acids is 1. The van der Waals surface area contributed by atoms with Crippen molar-refractivity contribution in [2.24, 2.45) is 11.8 Å². The summed E-state index contributed by atoms with van der Waals surface area (Å²) in [7, 11) is 0. The molecule has 13 heavy (non-hydrogen) atoms. The molecule has 0 heterocycles. The van der Waals surface area contributed by atoms with Crippen LogP contribution in [0.3, 0.4) is 0 Å². The van der Waals surface area contributed by atoms with Gasteiger partial charge in [0.05, 0.1) is 18.4 Å². The summed E-state index contributed by atoms with van der Waals surface area (Å²) in [4.78, 5) is 21.5. The van der Waals surface area contributed by atoms with E-state index >= 15 is 0 Å². The quantitative estimate of drug-likeness (QED) is 0.515. The summed E-state index contributed by atoms with van der Waals surface area (Å²) in [5.41, 5.74) is 0. The summed E-state index contributed by atoms with van der Waals surface area (Å²) >= 11 is 0. The second kappa shape index (κ2) is 4.25. The van der Waals surface area contributed by atoms with Crippen molar-refractivity contribution in [3.8, 4) is 0 Å². The molecule has 1 saturated carbocycles. The van der Waals surface area contributed by atoms with Gasteiger partial charge in [-0.1, -0.05) is 13.3 Å². The molecule has 0 saturated heterocycles. The maximum Gasteiger partial charge on any atom is 0.309 e. The van der Waals surface area contributed by atoms with Crippen LogP contribution in [0.5, 0.6) is 0 Å². The van der Waals surface area contributed by atoms with Crippen molar-refractivity contribution in [2.45, 2.75) is 26.2 Å². The Labute approximate surface area is 76.9 Å². The Morgan fingerprint density at radius 3 is 2.62 bits per heavy atom. The third kappa shape index (κ3) is 2.72. The Morgan fingerprint density at radius 1 is 1.46 bits per heavy atom. The molecule has 4 nitrogen and oxygen atoms in total. The topological polar surface area (TPSA) is 63.6 Å². The lowest BCUT2D eigenvalue weighted by molar-refractivity contribution is -0.148. The number of ether oxygens (including phenoxy) is 1. The van der Waals surface area contributed by atoms with Crippen LogP contribution < -0.4 is 0 Å². The SMILES string of the molecule is CCCCOC(=O)C1CC1C(=O)O. The first kappa shape index (κ1) is 10.0. The van der Waals surface area contributed by atoms with Crippen LogP contribution in [0.15, 0.2) is 0 Å². The van der Waals surface area contributed by atoms with E-state index in [0.29, 0.717) is 13.0 Å². The molecule has 1 fully saturated rings. The number of carboxylic acid groups (broad SMARTS) is 1. The van der Waals surface area contributed by atoms with E-state index in [2.05, 4.69) is 0 Å². The van der Waals surface area contributed by atoms with E-state index in [9.17, 15) is 9.59 Å². The van der Waals surface area contributed by atoms with Gasteiger partial charge in [0.15, 0.2) is 0 Å². The van der Waals surface area contributed by atoms with Crippen molar-refractivity contribution in [3.05, 3.63) is 0 Å². The van der Waals surface area contributed by atoms with Crippen LogP contribution >= 0.6 is 0 Å². The molecule has 2 atom stereocenters. The molecule has 1 N–H and O–H groups in total. The first-order valence-corrected chi connectivity index (χ1v) is 4.56. The highest BCUT2D eigenvalue weighted by Gasteiger charge is 2.49. The van der Waals surface area contributed by atoms with Crippen molar-refractivity contribution in [2.75, 3.05) is 6.61 Å². The normalized spacial score (nSPS) is 25.3. The van der Waals surface area contributed by atoms with Crippen molar-refractivity contribution in [3.63, 3.8) is 0 Å².